The Morgan fingerprint density at radius 3 is 2.60 bits per heavy atom. The lowest BCUT2D eigenvalue weighted by Crippen LogP contribution is -2.42. The molecule has 6 nitrogen and oxygen atoms in total. The number of rotatable bonds is 3. The van der Waals surface area contributed by atoms with E-state index in [0.717, 1.165) is 12.8 Å². The van der Waals surface area contributed by atoms with Crippen LogP contribution < -0.4 is 5.32 Å². The molecule has 2 N–H and O–H groups in total. The van der Waals surface area contributed by atoms with Crippen LogP contribution in [-0.4, -0.2) is 45.4 Å². The summed E-state index contributed by atoms with van der Waals surface area (Å²) in [5, 5.41) is 18.4. The number of urea groups is 1. The molecule has 20 heavy (non-hydrogen) atoms. The number of anilines is 1. The molecule has 9 heteroatoms. The summed E-state index contributed by atoms with van der Waals surface area (Å²) in [6.45, 7) is 2.80. The fraction of sp³-hybridized carbons (Fsp3) is 0.727. The number of amides is 2. The van der Waals surface area contributed by atoms with Crippen LogP contribution in [0.4, 0.5) is 18.7 Å². The number of hydrogen-bond acceptors (Lipinski definition) is 5. The van der Waals surface area contributed by atoms with E-state index in [2.05, 4.69) is 15.5 Å². The third-order valence-corrected chi connectivity index (χ3v) is 4.20. The van der Waals surface area contributed by atoms with Crippen molar-refractivity contribution < 1.29 is 18.7 Å². The topological polar surface area (TPSA) is 78.4 Å². The van der Waals surface area contributed by atoms with Crippen molar-refractivity contribution in [2.45, 2.75) is 32.3 Å². The molecule has 1 fully saturated rings. The highest BCUT2D eigenvalue weighted by atomic mass is 32.1. The number of carbonyl (C=O) groups excluding carboxylic acids is 1. The van der Waals surface area contributed by atoms with Crippen molar-refractivity contribution in [2.24, 2.45) is 5.92 Å². The van der Waals surface area contributed by atoms with Gasteiger partial charge in [0.1, 0.15) is 0 Å². The first kappa shape index (κ1) is 15.0. The third-order valence-electron chi connectivity index (χ3n) is 3.35. The highest BCUT2D eigenvalue weighted by molar-refractivity contribution is 7.15. The molecule has 0 aliphatic carbocycles. The summed E-state index contributed by atoms with van der Waals surface area (Å²) in [4.78, 5) is 13.5. The summed E-state index contributed by atoms with van der Waals surface area (Å²) in [5.74, 6) is 0.200. The number of aliphatic hydroxyl groups excluding tert-OH is 1. The summed E-state index contributed by atoms with van der Waals surface area (Å²) in [6.07, 6.45) is -1.61. The first-order valence-electron chi connectivity index (χ1n) is 6.33. The smallest absolute Gasteiger partial charge is 0.323 e. The second kappa shape index (κ2) is 6.40. The van der Waals surface area contributed by atoms with Crippen LogP contribution in [0.2, 0.25) is 0 Å². The quantitative estimate of drug-likeness (QED) is 0.896. The molecule has 0 aromatic carbocycles. The van der Waals surface area contributed by atoms with Gasteiger partial charge < -0.3 is 10.0 Å². The fourth-order valence-corrected chi connectivity index (χ4v) is 2.72. The number of halogens is 2. The number of likely N-dealkylation sites (tertiary alicyclic amines) is 1. The van der Waals surface area contributed by atoms with Gasteiger partial charge in [0.25, 0.3) is 6.43 Å². The number of nitrogens with zero attached hydrogens (tertiary/aromatic N) is 3. The zero-order valence-electron chi connectivity index (χ0n) is 10.9. The number of aliphatic hydroxyl groups is 1. The first-order valence-corrected chi connectivity index (χ1v) is 7.14. The first-order chi connectivity index (χ1) is 9.47. The van der Waals surface area contributed by atoms with Crippen LogP contribution in [0, 0.1) is 5.92 Å². The van der Waals surface area contributed by atoms with E-state index in [1.54, 1.807) is 11.8 Å². The number of aromatic nitrogens is 2. The summed E-state index contributed by atoms with van der Waals surface area (Å²) in [7, 11) is 0. The SMILES string of the molecule is CC(O)C1CCN(C(=O)Nc2nnc(C(F)F)s2)CC1. The van der Waals surface area contributed by atoms with Crippen molar-refractivity contribution in [1.82, 2.24) is 15.1 Å². The van der Waals surface area contributed by atoms with E-state index in [4.69, 9.17) is 0 Å². The molecule has 0 bridgehead atoms. The highest BCUT2D eigenvalue weighted by Gasteiger charge is 2.26. The lowest BCUT2D eigenvalue weighted by atomic mass is 9.92. The molecule has 1 unspecified atom stereocenters. The van der Waals surface area contributed by atoms with Gasteiger partial charge in [-0.2, -0.15) is 0 Å². The maximum Gasteiger partial charge on any atom is 0.323 e. The van der Waals surface area contributed by atoms with Crippen molar-refractivity contribution in [3.8, 4) is 0 Å². The zero-order chi connectivity index (χ0) is 14.7. The molecule has 1 aliphatic heterocycles. The van der Waals surface area contributed by atoms with E-state index in [1.807, 2.05) is 0 Å². The minimum atomic E-state index is -2.68. The van der Waals surface area contributed by atoms with Gasteiger partial charge in [-0.15, -0.1) is 10.2 Å². The van der Waals surface area contributed by atoms with Gasteiger partial charge in [-0.3, -0.25) is 5.32 Å². The van der Waals surface area contributed by atoms with Crippen molar-refractivity contribution in [1.29, 1.82) is 0 Å². The Bertz CT molecular complexity index is 461. The molecular formula is C11H16F2N4O2S. The lowest BCUT2D eigenvalue weighted by molar-refractivity contribution is 0.0820. The van der Waals surface area contributed by atoms with Crippen LogP contribution in [0.15, 0.2) is 0 Å². The molecule has 0 radical (unpaired) electrons. The Hall–Kier alpha value is -1.35. The van der Waals surface area contributed by atoms with Crippen LogP contribution in [0.25, 0.3) is 0 Å². The summed E-state index contributed by atoms with van der Waals surface area (Å²) in [6, 6.07) is -0.369. The Morgan fingerprint density at radius 2 is 2.10 bits per heavy atom. The van der Waals surface area contributed by atoms with Gasteiger partial charge in [0.15, 0.2) is 5.01 Å². The van der Waals surface area contributed by atoms with E-state index in [9.17, 15) is 18.7 Å². The van der Waals surface area contributed by atoms with E-state index in [1.165, 1.54) is 0 Å². The van der Waals surface area contributed by atoms with Crippen molar-refractivity contribution in [2.75, 3.05) is 18.4 Å². The molecule has 1 aliphatic rings. The molecule has 1 saturated heterocycles. The molecule has 0 saturated carbocycles. The van der Waals surface area contributed by atoms with Crippen LogP contribution in [0.5, 0.6) is 0 Å². The molecule has 0 spiro atoms. The van der Waals surface area contributed by atoms with E-state index in [-0.39, 0.29) is 23.2 Å². The van der Waals surface area contributed by atoms with Gasteiger partial charge in [-0.05, 0) is 25.7 Å². The van der Waals surface area contributed by atoms with Gasteiger partial charge in [0.2, 0.25) is 5.13 Å². The molecular weight excluding hydrogens is 290 g/mol. The standard InChI is InChI=1S/C11H16F2N4O2S/c1-6(18)7-2-4-17(5-3-7)11(19)14-10-16-15-9(20-10)8(12)13/h6-8,18H,2-5H2,1H3,(H,14,16,19). The van der Waals surface area contributed by atoms with Gasteiger partial charge in [-0.1, -0.05) is 11.3 Å². The van der Waals surface area contributed by atoms with E-state index < -0.39 is 11.4 Å². The average molecular weight is 306 g/mol. The number of piperidine rings is 1. The number of alkyl halides is 2. The lowest BCUT2D eigenvalue weighted by Gasteiger charge is -2.32. The minimum Gasteiger partial charge on any atom is -0.393 e. The van der Waals surface area contributed by atoms with E-state index in [0.29, 0.717) is 24.4 Å². The van der Waals surface area contributed by atoms with Gasteiger partial charge in [0, 0.05) is 13.1 Å². The fourth-order valence-electron chi connectivity index (χ4n) is 2.13. The number of carbonyl (C=O) groups is 1. The summed E-state index contributed by atoms with van der Waals surface area (Å²) < 4.78 is 24.7. The molecule has 1 atom stereocenters. The van der Waals surface area contributed by atoms with E-state index >= 15 is 0 Å². The van der Waals surface area contributed by atoms with Crippen LogP contribution in [0.1, 0.15) is 31.2 Å². The van der Waals surface area contributed by atoms with Gasteiger partial charge in [-0.25, -0.2) is 13.6 Å². The van der Waals surface area contributed by atoms with Crippen molar-refractivity contribution >= 4 is 22.5 Å². The zero-order valence-corrected chi connectivity index (χ0v) is 11.7. The van der Waals surface area contributed by atoms with Crippen molar-refractivity contribution in [3.05, 3.63) is 5.01 Å². The van der Waals surface area contributed by atoms with Crippen LogP contribution >= 0.6 is 11.3 Å². The maximum absolute atomic E-state index is 12.4. The minimum absolute atomic E-state index is 0.0722. The average Bonchev–Trinajstić information content (AvgIpc) is 2.87. The highest BCUT2D eigenvalue weighted by Crippen LogP contribution is 2.26. The maximum atomic E-state index is 12.4. The predicted octanol–water partition coefficient (Wildman–Crippen LogP) is 2.10. The van der Waals surface area contributed by atoms with Gasteiger partial charge in [0.05, 0.1) is 6.10 Å². The molecule has 112 valence electrons. The monoisotopic (exact) mass is 306 g/mol. The Morgan fingerprint density at radius 1 is 1.45 bits per heavy atom. The second-order valence-electron chi connectivity index (χ2n) is 4.74. The summed E-state index contributed by atoms with van der Waals surface area (Å²) in [5.41, 5.74) is 0. The Labute approximate surface area is 118 Å². The molecule has 1 aromatic heterocycles. The Balaban J connectivity index is 1.86. The van der Waals surface area contributed by atoms with Crippen molar-refractivity contribution in [3.63, 3.8) is 0 Å². The molecule has 1 aromatic rings. The summed E-state index contributed by atoms with van der Waals surface area (Å²) >= 11 is 0.668. The van der Waals surface area contributed by atoms with Crippen LogP contribution in [-0.2, 0) is 0 Å². The molecule has 2 heterocycles. The van der Waals surface area contributed by atoms with Gasteiger partial charge >= 0.3 is 6.03 Å². The molecule has 2 rings (SSSR count). The van der Waals surface area contributed by atoms with Crippen LogP contribution in [0.3, 0.4) is 0 Å². The number of nitrogens with one attached hydrogen (secondary N) is 1. The Kier molecular flexibility index (Phi) is 4.81. The second-order valence-corrected chi connectivity index (χ2v) is 5.75. The predicted molar refractivity (Wildman–Crippen MR) is 69.9 cm³/mol. The largest absolute Gasteiger partial charge is 0.393 e. The molecule has 2 amide bonds. The third kappa shape index (κ3) is 3.60. The number of hydrogen-bond donors (Lipinski definition) is 2. The normalized spacial score (nSPS) is 18.4.